The highest BCUT2D eigenvalue weighted by Gasteiger charge is 2.03. The van der Waals surface area contributed by atoms with Crippen molar-refractivity contribution in [2.45, 2.75) is 13.8 Å². The van der Waals surface area contributed by atoms with Crippen LogP contribution in [-0.4, -0.2) is 26.2 Å². The fourth-order valence-corrected chi connectivity index (χ4v) is 1.47. The Bertz CT molecular complexity index is 427. The lowest BCUT2D eigenvalue weighted by Crippen LogP contribution is -2.19. The normalized spacial score (nSPS) is 10.4. The van der Waals surface area contributed by atoms with Crippen LogP contribution in [0.25, 0.3) is 6.08 Å². The zero-order valence-corrected chi connectivity index (χ0v) is 11.0. The van der Waals surface area contributed by atoms with Gasteiger partial charge in [0.2, 0.25) is 5.91 Å². The molecule has 0 saturated heterocycles. The van der Waals surface area contributed by atoms with Crippen LogP contribution < -0.4 is 14.8 Å². The van der Waals surface area contributed by atoms with Crippen LogP contribution in [0.4, 0.5) is 0 Å². The highest BCUT2D eigenvalue weighted by molar-refractivity contribution is 5.91. The number of rotatable bonds is 6. The minimum absolute atomic E-state index is 0.105. The van der Waals surface area contributed by atoms with Gasteiger partial charge in [0.1, 0.15) is 0 Å². The molecule has 0 saturated carbocycles. The lowest BCUT2D eigenvalue weighted by molar-refractivity contribution is -0.116. The van der Waals surface area contributed by atoms with E-state index in [0.717, 1.165) is 5.56 Å². The van der Waals surface area contributed by atoms with Crippen molar-refractivity contribution in [3.8, 4) is 11.5 Å². The van der Waals surface area contributed by atoms with E-state index in [1.165, 1.54) is 6.08 Å². The number of nitrogens with one attached hydrogen (secondary N) is 1. The topological polar surface area (TPSA) is 47.6 Å². The maximum Gasteiger partial charge on any atom is 0.243 e. The lowest BCUT2D eigenvalue weighted by atomic mass is 10.2. The second-order valence-corrected chi connectivity index (χ2v) is 3.57. The van der Waals surface area contributed by atoms with Crippen molar-refractivity contribution in [2.75, 3.05) is 20.3 Å². The maximum absolute atomic E-state index is 11.3. The molecule has 4 nitrogen and oxygen atoms in total. The first-order valence-corrected chi connectivity index (χ1v) is 5.98. The summed E-state index contributed by atoms with van der Waals surface area (Å²) in [6.45, 7) is 4.98. The highest BCUT2D eigenvalue weighted by atomic mass is 16.5. The summed E-state index contributed by atoms with van der Waals surface area (Å²) in [6, 6.07) is 5.54. The van der Waals surface area contributed by atoms with Crippen molar-refractivity contribution in [2.24, 2.45) is 0 Å². The molecule has 0 aromatic heterocycles. The Labute approximate surface area is 108 Å². The second-order valence-electron chi connectivity index (χ2n) is 3.57. The molecule has 1 aromatic carbocycles. The number of likely N-dealkylation sites (N-methyl/N-ethyl adjacent to an activating group) is 1. The molecule has 0 aliphatic heterocycles. The van der Waals surface area contributed by atoms with Gasteiger partial charge in [-0.1, -0.05) is 6.07 Å². The number of carbonyl (C=O) groups is 1. The van der Waals surface area contributed by atoms with Gasteiger partial charge >= 0.3 is 0 Å². The third-order valence-corrected chi connectivity index (χ3v) is 2.27. The van der Waals surface area contributed by atoms with Gasteiger partial charge in [-0.2, -0.15) is 0 Å². The second kappa shape index (κ2) is 7.37. The average Bonchev–Trinajstić information content (AvgIpc) is 2.37. The fourth-order valence-electron chi connectivity index (χ4n) is 1.47. The highest BCUT2D eigenvalue weighted by Crippen LogP contribution is 2.28. The predicted octanol–water partition coefficient (Wildman–Crippen LogP) is 2.24. The van der Waals surface area contributed by atoms with Crippen LogP contribution in [0.1, 0.15) is 19.4 Å². The Morgan fingerprint density at radius 2 is 2.11 bits per heavy atom. The van der Waals surface area contributed by atoms with Crippen LogP contribution in [0, 0.1) is 0 Å². The van der Waals surface area contributed by atoms with Crippen LogP contribution in [0.15, 0.2) is 24.3 Å². The fraction of sp³-hybridized carbons (Fsp3) is 0.357. The van der Waals surface area contributed by atoms with E-state index in [1.54, 1.807) is 13.2 Å². The monoisotopic (exact) mass is 249 g/mol. The molecule has 1 aromatic rings. The average molecular weight is 249 g/mol. The van der Waals surface area contributed by atoms with Crippen molar-refractivity contribution in [3.63, 3.8) is 0 Å². The Kier molecular flexibility index (Phi) is 5.77. The summed E-state index contributed by atoms with van der Waals surface area (Å²) in [4.78, 5) is 11.3. The molecule has 1 amide bonds. The Morgan fingerprint density at radius 1 is 1.33 bits per heavy atom. The van der Waals surface area contributed by atoms with Gasteiger partial charge in [0.15, 0.2) is 11.5 Å². The molecule has 1 rings (SSSR count). The first-order valence-electron chi connectivity index (χ1n) is 5.98. The molecule has 0 bridgehead atoms. The van der Waals surface area contributed by atoms with Gasteiger partial charge in [0.05, 0.1) is 13.7 Å². The SMILES string of the molecule is CCNC(=O)C=Cc1ccc(OC)c(OCC)c1. The summed E-state index contributed by atoms with van der Waals surface area (Å²) in [5, 5.41) is 2.70. The zero-order chi connectivity index (χ0) is 13.4. The number of hydrogen-bond acceptors (Lipinski definition) is 3. The van der Waals surface area contributed by atoms with Gasteiger partial charge in [0, 0.05) is 12.6 Å². The van der Waals surface area contributed by atoms with Crippen LogP contribution >= 0.6 is 0 Å². The number of amides is 1. The van der Waals surface area contributed by atoms with Crippen LogP contribution in [0.3, 0.4) is 0 Å². The maximum atomic E-state index is 11.3. The molecule has 0 spiro atoms. The van der Waals surface area contributed by atoms with E-state index in [2.05, 4.69) is 5.32 Å². The summed E-state index contributed by atoms with van der Waals surface area (Å²) in [7, 11) is 1.60. The third kappa shape index (κ3) is 4.13. The standard InChI is InChI=1S/C14H19NO3/c1-4-15-14(16)9-7-11-6-8-12(17-3)13(10-11)18-5-2/h6-10H,4-5H2,1-3H3,(H,15,16). The number of hydrogen-bond donors (Lipinski definition) is 1. The Hall–Kier alpha value is -1.97. The van der Waals surface area contributed by atoms with Gasteiger partial charge < -0.3 is 14.8 Å². The lowest BCUT2D eigenvalue weighted by Gasteiger charge is -2.09. The molecule has 98 valence electrons. The van der Waals surface area contributed by atoms with Crippen molar-refractivity contribution in [3.05, 3.63) is 29.8 Å². The molecule has 0 aliphatic carbocycles. The molecule has 0 heterocycles. The van der Waals surface area contributed by atoms with Gasteiger partial charge in [-0.3, -0.25) is 4.79 Å². The van der Waals surface area contributed by atoms with Crippen molar-refractivity contribution >= 4 is 12.0 Å². The van der Waals surface area contributed by atoms with Crippen molar-refractivity contribution in [1.82, 2.24) is 5.32 Å². The van der Waals surface area contributed by atoms with Gasteiger partial charge in [0.25, 0.3) is 0 Å². The number of carbonyl (C=O) groups excluding carboxylic acids is 1. The van der Waals surface area contributed by atoms with E-state index in [-0.39, 0.29) is 5.91 Å². The largest absolute Gasteiger partial charge is 0.493 e. The van der Waals surface area contributed by atoms with Crippen LogP contribution in [-0.2, 0) is 4.79 Å². The summed E-state index contributed by atoms with van der Waals surface area (Å²) >= 11 is 0. The number of benzene rings is 1. The molecule has 0 unspecified atom stereocenters. The Morgan fingerprint density at radius 3 is 2.72 bits per heavy atom. The molecule has 1 N–H and O–H groups in total. The summed E-state index contributed by atoms with van der Waals surface area (Å²) in [5.74, 6) is 1.26. The van der Waals surface area contributed by atoms with E-state index < -0.39 is 0 Å². The van der Waals surface area contributed by atoms with E-state index in [1.807, 2.05) is 32.0 Å². The first kappa shape index (κ1) is 14.1. The molecular weight excluding hydrogens is 230 g/mol. The molecule has 0 atom stereocenters. The summed E-state index contributed by atoms with van der Waals surface area (Å²) in [6.07, 6.45) is 3.24. The summed E-state index contributed by atoms with van der Waals surface area (Å²) in [5.41, 5.74) is 0.894. The predicted molar refractivity (Wildman–Crippen MR) is 71.9 cm³/mol. The zero-order valence-electron chi connectivity index (χ0n) is 11.0. The van der Waals surface area contributed by atoms with E-state index in [0.29, 0.717) is 24.7 Å². The molecule has 0 radical (unpaired) electrons. The smallest absolute Gasteiger partial charge is 0.243 e. The minimum Gasteiger partial charge on any atom is -0.493 e. The van der Waals surface area contributed by atoms with E-state index in [4.69, 9.17) is 9.47 Å². The molecule has 0 fully saturated rings. The van der Waals surface area contributed by atoms with Crippen LogP contribution in [0.2, 0.25) is 0 Å². The van der Waals surface area contributed by atoms with Gasteiger partial charge in [-0.15, -0.1) is 0 Å². The first-order chi connectivity index (χ1) is 8.71. The molecule has 0 aliphatic rings. The van der Waals surface area contributed by atoms with Gasteiger partial charge in [-0.25, -0.2) is 0 Å². The van der Waals surface area contributed by atoms with E-state index in [9.17, 15) is 4.79 Å². The Balaban J connectivity index is 2.84. The van der Waals surface area contributed by atoms with Gasteiger partial charge in [-0.05, 0) is 37.6 Å². The van der Waals surface area contributed by atoms with Crippen LogP contribution in [0.5, 0.6) is 11.5 Å². The third-order valence-electron chi connectivity index (χ3n) is 2.27. The number of ether oxygens (including phenoxy) is 2. The summed E-state index contributed by atoms with van der Waals surface area (Å²) < 4.78 is 10.7. The molecule has 4 heteroatoms. The molecular formula is C14H19NO3. The number of methoxy groups -OCH3 is 1. The van der Waals surface area contributed by atoms with Crippen molar-refractivity contribution < 1.29 is 14.3 Å². The quantitative estimate of drug-likeness (QED) is 0.786. The molecule has 18 heavy (non-hydrogen) atoms. The van der Waals surface area contributed by atoms with E-state index >= 15 is 0 Å². The minimum atomic E-state index is -0.105. The van der Waals surface area contributed by atoms with Crippen molar-refractivity contribution in [1.29, 1.82) is 0 Å².